The minimum absolute atomic E-state index is 0.162. The lowest BCUT2D eigenvalue weighted by Crippen LogP contribution is -2.29. The molecular formula is C20H16BrF3O2S. The first kappa shape index (κ1) is 20.0. The van der Waals surface area contributed by atoms with E-state index >= 15 is 0 Å². The number of Topliss-reactive ketones (excluding diaryl/α,β-unsaturated/α-hetero) is 1. The number of hydrogen-bond acceptors (Lipinski definition) is 3. The van der Waals surface area contributed by atoms with E-state index < -0.39 is 17.3 Å². The van der Waals surface area contributed by atoms with Gasteiger partial charge in [0.1, 0.15) is 5.76 Å². The van der Waals surface area contributed by atoms with Gasteiger partial charge < -0.3 is 4.74 Å². The van der Waals surface area contributed by atoms with Crippen molar-refractivity contribution >= 4 is 44.8 Å². The summed E-state index contributed by atoms with van der Waals surface area (Å²) >= 11 is 5.03. The van der Waals surface area contributed by atoms with Crippen LogP contribution < -0.4 is 0 Å². The molecule has 0 unspecified atom stereocenters. The zero-order valence-electron chi connectivity index (χ0n) is 14.8. The van der Waals surface area contributed by atoms with Gasteiger partial charge in [0.2, 0.25) is 5.78 Å². The summed E-state index contributed by atoms with van der Waals surface area (Å²) in [6.07, 6.45) is -2.55. The number of thioether (sulfide) groups is 1. The van der Waals surface area contributed by atoms with Crippen LogP contribution in [-0.4, -0.2) is 17.6 Å². The lowest BCUT2D eigenvalue weighted by atomic mass is 9.92. The average Bonchev–Trinajstić information content (AvgIpc) is 2.84. The zero-order chi connectivity index (χ0) is 20.0. The highest BCUT2D eigenvalue weighted by atomic mass is 79.9. The highest BCUT2D eigenvalue weighted by molar-refractivity contribution is 9.10. The Morgan fingerprint density at radius 1 is 1.07 bits per heavy atom. The van der Waals surface area contributed by atoms with Gasteiger partial charge in [-0.15, -0.1) is 11.8 Å². The van der Waals surface area contributed by atoms with Gasteiger partial charge >= 0.3 is 6.18 Å². The molecule has 7 heteroatoms. The molecule has 27 heavy (non-hydrogen) atoms. The molecule has 1 aliphatic rings. The first-order valence-corrected chi connectivity index (χ1v) is 10.1. The molecule has 0 saturated carbocycles. The van der Waals surface area contributed by atoms with Crippen molar-refractivity contribution in [2.24, 2.45) is 0 Å². The minimum atomic E-state index is -4.49. The molecule has 142 valence electrons. The van der Waals surface area contributed by atoms with E-state index in [9.17, 15) is 18.0 Å². The molecule has 0 N–H and O–H groups in total. The van der Waals surface area contributed by atoms with Gasteiger partial charge in [-0.25, -0.2) is 0 Å². The Labute approximate surface area is 167 Å². The molecular weight excluding hydrogens is 441 g/mol. The number of ether oxygens (including phenoxy) is 1. The van der Waals surface area contributed by atoms with E-state index in [0.717, 1.165) is 21.5 Å². The molecule has 2 aromatic rings. The molecule has 0 bridgehead atoms. The largest absolute Gasteiger partial charge is 0.478 e. The number of ketones is 1. The lowest BCUT2D eigenvalue weighted by molar-refractivity contribution is -0.137. The van der Waals surface area contributed by atoms with Gasteiger partial charge in [0, 0.05) is 14.9 Å². The Morgan fingerprint density at radius 2 is 1.78 bits per heavy atom. The Bertz CT molecular complexity index is 948. The standard InChI is InChI=1S/C20H16BrF3O2S/c1-19(2)18(25)16(11-5-4-6-13(9-11)20(22,23)24)17(26-19)12-7-8-15(27-3)14(21)10-12/h4-10H,1-3H3. The number of rotatable bonds is 3. The fourth-order valence-corrected chi connectivity index (χ4v) is 4.20. The van der Waals surface area contributed by atoms with E-state index in [4.69, 9.17) is 4.74 Å². The highest BCUT2D eigenvalue weighted by Crippen LogP contribution is 2.43. The van der Waals surface area contributed by atoms with E-state index in [2.05, 4.69) is 15.9 Å². The van der Waals surface area contributed by atoms with Crippen molar-refractivity contribution in [1.82, 2.24) is 0 Å². The van der Waals surface area contributed by atoms with Crippen LogP contribution in [0.4, 0.5) is 13.2 Å². The Balaban J connectivity index is 2.20. The Hall–Kier alpha value is -1.73. The van der Waals surface area contributed by atoms with Crippen LogP contribution in [0, 0.1) is 0 Å². The summed E-state index contributed by atoms with van der Waals surface area (Å²) in [5, 5.41) is 0. The Kier molecular flexibility index (Phi) is 5.20. The van der Waals surface area contributed by atoms with E-state index in [1.54, 1.807) is 31.7 Å². The molecule has 2 nitrogen and oxygen atoms in total. The average molecular weight is 457 g/mol. The van der Waals surface area contributed by atoms with E-state index in [1.165, 1.54) is 12.1 Å². The molecule has 2 aromatic carbocycles. The number of benzene rings is 2. The SMILES string of the molecule is CSc1ccc(C2=C(c3cccc(C(F)(F)F)c3)C(=O)C(C)(C)O2)cc1Br. The third kappa shape index (κ3) is 3.80. The van der Waals surface area contributed by atoms with Crippen molar-refractivity contribution in [1.29, 1.82) is 0 Å². The number of hydrogen-bond donors (Lipinski definition) is 0. The predicted octanol–water partition coefficient (Wildman–Crippen LogP) is 6.44. The summed E-state index contributed by atoms with van der Waals surface area (Å²) in [6, 6.07) is 10.3. The van der Waals surface area contributed by atoms with Gasteiger partial charge in [-0.1, -0.05) is 18.2 Å². The number of carbonyl (C=O) groups excluding carboxylic acids is 1. The second-order valence-electron chi connectivity index (χ2n) is 6.57. The summed E-state index contributed by atoms with van der Waals surface area (Å²) in [6.45, 7) is 3.22. The smallest absolute Gasteiger partial charge is 0.416 e. The molecule has 1 heterocycles. The summed E-state index contributed by atoms with van der Waals surface area (Å²) in [5.74, 6) is -0.0560. The quantitative estimate of drug-likeness (QED) is 0.497. The molecule has 1 aliphatic heterocycles. The summed E-state index contributed by atoms with van der Waals surface area (Å²) in [4.78, 5) is 13.9. The van der Waals surface area contributed by atoms with Crippen molar-refractivity contribution in [3.05, 3.63) is 63.6 Å². The molecule has 0 atom stereocenters. The zero-order valence-corrected chi connectivity index (χ0v) is 17.2. The van der Waals surface area contributed by atoms with Gasteiger partial charge in [0.15, 0.2) is 5.60 Å². The maximum atomic E-state index is 13.1. The molecule has 0 radical (unpaired) electrons. The summed E-state index contributed by atoms with van der Waals surface area (Å²) < 4.78 is 46.1. The maximum Gasteiger partial charge on any atom is 0.416 e. The molecule has 0 amide bonds. The lowest BCUT2D eigenvalue weighted by Gasteiger charge is -2.18. The minimum Gasteiger partial charge on any atom is -0.478 e. The number of halogens is 4. The number of carbonyl (C=O) groups is 1. The highest BCUT2D eigenvalue weighted by Gasteiger charge is 2.43. The van der Waals surface area contributed by atoms with Crippen LogP contribution in [0.25, 0.3) is 11.3 Å². The van der Waals surface area contributed by atoms with Crippen LogP contribution in [-0.2, 0) is 15.7 Å². The van der Waals surface area contributed by atoms with Gasteiger partial charge in [-0.05, 0) is 65.9 Å². The van der Waals surface area contributed by atoms with Crippen molar-refractivity contribution in [3.8, 4) is 0 Å². The second-order valence-corrected chi connectivity index (χ2v) is 8.28. The van der Waals surface area contributed by atoms with Crippen LogP contribution in [0.1, 0.15) is 30.5 Å². The molecule has 0 aliphatic carbocycles. The molecule has 3 rings (SSSR count). The normalized spacial score (nSPS) is 16.6. The molecule has 0 fully saturated rings. The van der Waals surface area contributed by atoms with Crippen molar-refractivity contribution < 1.29 is 22.7 Å². The van der Waals surface area contributed by atoms with Crippen molar-refractivity contribution in [3.63, 3.8) is 0 Å². The third-order valence-electron chi connectivity index (χ3n) is 4.25. The monoisotopic (exact) mass is 456 g/mol. The first-order chi connectivity index (χ1) is 12.5. The van der Waals surface area contributed by atoms with Gasteiger partial charge in [0.25, 0.3) is 0 Å². The van der Waals surface area contributed by atoms with Gasteiger partial charge in [-0.2, -0.15) is 13.2 Å². The van der Waals surface area contributed by atoms with E-state index in [0.29, 0.717) is 5.56 Å². The molecule has 0 saturated heterocycles. The van der Waals surface area contributed by atoms with Crippen molar-refractivity contribution in [2.45, 2.75) is 30.5 Å². The topological polar surface area (TPSA) is 26.3 Å². The van der Waals surface area contributed by atoms with E-state index in [-0.39, 0.29) is 22.7 Å². The van der Waals surface area contributed by atoms with E-state index in [1.807, 2.05) is 18.4 Å². The van der Waals surface area contributed by atoms with Gasteiger partial charge in [0.05, 0.1) is 11.1 Å². The number of alkyl halides is 3. The van der Waals surface area contributed by atoms with Crippen LogP contribution in [0.15, 0.2) is 51.8 Å². The summed E-state index contributed by atoms with van der Waals surface area (Å²) in [7, 11) is 0. The first-order valence-electron chi connectivity index (χ1n) is 8.04. The molecule has 0 aromatic heterocycles. The maximum absolute atomic E-state index is 13.1. The van der Waals surface area contributed by atoms with Crippen LogP contribution in [0.3, 0.4) is 0 Å². The Morgan fingerprint density at radius 3 is 2.37 bits per heavy atom. The predicted molar refractivity (Wildman–Crippen MR) is 104 cm³/mol. The van der Waals surface area contributed by atoms with Crippen LogP contribution in [0.2, 0.25) is 0 Å². The third-order valence-corrected chi connectivity index (χ3v) is 5.97. The second kappa shape index (κ2) is 7.02. The van der Waals surface area contributed by atoms with Crippen molar-refractivity contribution in [2.75, 3.05) is 6.26 Å². The fourth-order valence-electron chi connectivity index (χ4n) is 2.88. The van der Waals surface area contributed by atoms with Gasteiger partial charge in [-0.3, -0.25) is 4.79 Å². The fraction of sp³-hybridized carbons (Fsp3) is 0.250. The van der Waals surface area contributed by atoms with Crippen LogP contribution in [0.5, 0.6) is 0 Å². The van der Waals surface area contributed by atoms with Crippen LogP contribution >= 0.6 is 27.7 Å². The summed E-state index contributed by atoms with van der Waals surface area (Å²) in [5.41, 5.74) is -0.964. The molecule has 0 spiro atoms.